The molecular weight excluding hydrogens is 1270 g/mol. The predicted octanol–water partition coefficient (Wildman–Crippen LogP) is 14.2. The molecule has 2 nitrogen and oxygen atoms in total. The number of halogens is 3. The Balaban J connectivity index is 0.000000133. The first kappa shape index (κ1) is 55.5. The van der Waals surface area contributed by atoms with E-state index in [-0.39, 0.29) is 0 Å². The van der Waals surface area contributed by atoms with Gasteiger partial charge in [-0.3, -0.25) is 0 Å². The number of benzene rings is 12. The lowest BCUT2D eigenvalue weighted by atomic mass is 9.80. The van der Waals surface area contributed by atoms with Gasteiger partial charge >= 0.3 is 7.12 Å². The Morgan fingerprint density at radius 2 is 0.561 bits per heavy atom. The molecule has 14 aromatic rings. The Labute approximate surface area is 514 Å². The maximum absolute atomic E-state index is 9.31. The Morgan fingerprint density at radius 1 is 0.268 bits per heavy atom. The van der Waals surface area contributed by atoms with E-state index in [1.807, 2.05) is 41.7 Å². The van der Waals surface area contributed by atoms with Crippen molar-refractivity contribution >= 4 is 181 Å². The highest BCUT2D eigenvalue weighted by molar-refractivity contribution is 9.11. The van der Waals surface area contributed by atoms with E-state index in [0.717, 1.165) is 23.5 Å². The predicted molar refractivity (Wildman–Crippen MR) is 371 cm³/mol. The summed E-state index contributed by atoms with van der Waals surface area (Å²) in [5.41, 5.74) is 3.14. The summed E-state index contributed by atoms with van der Waals surface area (Å²) >= 11 is 14.4. The van der Waals surface area contributed by atoms with Gasteiger partial charge in [-0.1, -0.05) is 303 Å². The third-order valence-electron chi connectivity index (χ3n) is 15.4. The van der Waals surface area contributed by atoms with E-state index in [9.17, 15) is 10.0 Å². The van der Waals surface area contributed by atoms with Gasteiger partial charge in [0.05, 0.1) is 0 Å². The SMILES string of the molecule is Brc1ccc([Si](c2ccccc2)(c2ccccc2)c2ccc(-c3cccc4c3sc3ccccc34)cc2)cc1.Brc1ccc([Si](c2ccccc2)(c2ccccc2)c2ccc(Br)cc2)cc1.OB(O)c1cccc2c1sc1ccccc12. The van der Waals surface area contributed by atoms with Crippen molar-refractivity contribution in [3.05, 3.63) is 317 Å². The van der Waals surface area contributed by atoms with Gasteiger partial charge in [0, 0.05) is 48.4 Å². The van der Waals surface area contributed by atoms with Crippen molar-refractivity contribution in [2.45, 2.75) is 0 Å². The van der Waals surface area contributed by atoms with Crippen LogP contribution in [0.1, 0.15) is 0 Å². The fourth-order valence-corrected chi connectivity index (χ4v) is 24.4. The van der Waals surface area contributed by atoms with Gasteiger partial charge in [-0.05, 0) is 112 Å². The van der Waals surface area contributed by atoms with E-state index in [0.29, 0.717) is 5.46 Å². The second kappa shape index (κ2) is 24.8. The van der Waals surface area contributed by atoms with Gasteiger partial charge in [-0.2, -0.15) is 0 Å². The molecule has 0 aliphatic heterocycles. The van der Waals surface area contributed by atoms with E-state index in [1.54, 1.807) is 17.4 Å². The zero-order valence-electron chi connectivity index (χ0n) is 44.3. The monoisotopic (exact) mass is 1320 g/mol. The maximum atomic E-state index is 9.31. The van der Waals surface area contributed by atoms with E-state index in [4.69, 9.17) is 0 Å². The zero-order valence-corrected chi connectivity index (χ0v) is 52.7. The molecule has 396 valence electrons. The molecule has 12 aromatic carbocycles. The van der Waals surface area contributed by atoms with Gasteiger partial charge in [0.2, 0.25) is 0 Å². The van der Waals surface area contributed by atoms with Gasteiger partial charge in [0.25, 0.3) is 0 Å². The van der Waals surface area contributed by atoms with Crippen LogP contribution in [0.4, 0.5) is 0 Å². The molecule has 0 radical (unpaired) electrons. The molecule has 14 rings (SSSR count). The lowest BCUT2D eigenvalue weighted by Gasteiger charge is -2.34. The molecule has 0 saturated heterocycles. The quantitative estimate of drug-likeness (QED) is 0.106. The normalized spacial score (nSPS) is 11.5. The highest BCUT2D eigenvalue weighted by Gasteiger charge is 2.42. The van der Waals surface area contributed by atoms with Crippen LogP contribution >= 0.6 is 70.5 Å². The van der Waals surface area contributed by atoms with Crippen LogP contribution in [0.2, 0.25) is 0 Å². The zero-order chi connectivity index (χ0) is 56.0. The van der Waals surface area contributed by atoms with E-state index in [1.165, 1.54) is 82.9 Å². The molecule has 0 fully saturated rings. The van der Waals surface area contributed by atoms with Crippen molar-refractivity contribution in [2.24, 2.45) is 0 Å². The van der Waals surface area contributed by atoms with Gasteiger partial charge in [0.15, 0.2) is 16.1 Å². The molecule has 2 heterocycles. The lowest BCUT2D eigenvalue weighted by Crippen LogP contribution is -2.74. The average Bonchev–Trinajstić information content (AvgIpc) is 3.85. The Kier molecular flexibility index (Phi) is 16.8. The van der Waals surface area contributed by atoms with E-state index in [2.05, 4.69) is 315 Å². The third-order valence-corrected chi connectivity index (χ3v) is 29.0. The number of hydrogen-bond donors (Lipinski definition) is 2. The van der Waals surface area contributed by atoms with Crippen molar-refractivity contribution in [3.8, 4) is 11.1 Å². The van der Waals surface area contributed by atoms with Crippen LogP contribution in [0.15, 0.2) is 317 Å². The second-order valence-corrected chi connectivity index (χ2v) is 32.5. The topological polar surface area (TPSA) is 40.5 Å². The molecule has 0 atom stereocenters. The smallest absolute Gasteiger partial charge is 0.423 e. The highest BCUT2D eigenvalue weighted by atomic mass is 79.9. The first-order valence-electron chi connectivity index (χ1n) is 27.0. The molecule has 0 aliphatic rings. The van der Waals surface area contributed by atoms with Crippen molar-refractivity contribution in [1.82, 2.24) is 0 Å². The molecule has 0 aliphatic carbocycles. The van der Waals surface area contributed by atoms with Gasteiger partial charge in [-0.15, -0.1) is 22.7 Å². The minimum atomic E-state index is -2.55. The fourth-order valence-electron chi connectivity index (χ4n) is 11.7. The van der Waals surface area contributed by atoms with Crippen LogP contribution in [0, 0.1) is 0 Å². The highest BCUT2D eigenvalue weighted by Crippen LogP contribution is 2.40. The largest absolute Gasteiger partial charge is 0.489 e. The second-order valence-electron chi connectivity index (χ2n) is 20.0. The van der Waals surface area contributed by atoms with Gasteiger partial charge < -0.3 is 10.0 Å². The number of fused-ring (bicyclic) bond motifs is 6. The molecule has 0 spiro atoms. The molecular formula is C72H52BBr3O2S2Si2. The third kappa shape index (κ3) is 10.8. The summed E-state index contributed by atoms with van der Waals surface area (Å²) in [5, 5.41) is 34.6. The summed E-state index contributed by atoms with van der Waals surface area (Å²) in [4.78, 5) is 0. The minimum Gasteiger partial charge on any atom is -0.423 e. The average molecular weight is 1320 g/mol. The summed E-state index contributed by atoms with van der Waals surface area (Å²) in [5.74, 6) is 0. The maximum Gasteiger partial charge on any atom is 0.489 e. The van der Waals surface area contributed by atoms with Crippen LogP contribution in [-0.4, -0.2) is 33.3 Å². The first-order chi connectivity index (χ1) is 40.2. The van der Waals surface area contributed by atoms with Gasteiger partial charge in [-0.25, -0.2) is 0 Å². The van der Waals surface area contributed by atoms with Crippen LogP contribution in [0.3, 0.4) is 0 Å². The molecule has 0 saturated carbocycles. The standard InChI is InChI=1S/C36H25BrSSi.C24H18Br2Si.C12H9BO2S/c37-27-20-24-31(25-21-27)39(28-10-3-1-4-11-28,29-12-5-2-6-13-29)30-22-18-26(19-23-30)32-15-9-16-34-33-14-7-8-17-35(33)38-36(32)34;25-19-11-15-23(16-12-19)27(21-7-3-1-4-8-21,22-9-5-2-6-10-22)24-17-13-20(26)14-18-24;14-13(15)10-6-3-5-9-8-4-1-2-7-11(8)16-12(9)10/h1-25H;1-18H;1-7,14-15H. The Bertz CT molecular complexity index is 4310. The molecule has 0 unspecified atom stereocenters. The molecule has 82 heavy (non-hydrogen) atoms. The lowest BCUT2D eigenvalue weighted by molar-refractivity contribution is 0.426. The molecule has 0 amide bonds. The summed E-state index contributed by atoms with van der Waals surface area (Å²) in [6.45, 7) is 0. The van der Waals surface area contributed by atoms with Crippen LogP contribution < -0.4 is 47.0 Å². The fraction of sp³-hybridized carbons (Fsp3) is 0. The van der Waals surface area contributed by atoms with Crippen LogP contribution in [-0.2, 0) is 0 Å². The number of thiophene rings is 2. The van der Waals surface area contributed by atoms with Gasteiger partial charge in [0.1, 0.15) is 0 Å². The first-order valence-corrected chi connectivity index (χ1v) is 35.0. The molecule has 0 bridgehead atoms. The van der Waals surface area contributed by atoms with Crippen molar-refractivity contribution < 1.29 is 10.0 Å². The van der Waals surface area contributed by atoms with Crippen molar-refractivity contribution in [2.75, 3.05) is 0 Å². The number of hydrogen-bond acceptors (Lipinski definition) is 4. The Morgan fingerprint density at radius 3 is 0.939 bits per heavy atom. The van der Waals surface area contributed by atoms with Crippen molar-refractivity contribution in [1.29, 1.82) is 0 Å². The van der Waals surface area contributed by atoms with Crippen LogP contribution in [0.5, 0.6) is 0 Å². The summed E-state index contributed by atoms with van der Waals surface area (Å²) < 4.78 is 8.13. The minimum absolute atomic E-state index is 0.582. The molecule has 2 N–H and O–H groups in total. The molecule has 10 heteroatoms. The summed E-state index contributed by atoms with van der Waals surface area (Å²) in [6, 6.07) is 109. The van der Waals surface area contributed by atoms with Crippen LogP contribution in [0.25, 0.3) is 51.5 Å². The van der Waals surface area contributed by atoms with E-state index >= 15 is 0 Å². The Hall–Kier alpha value is -7.06. The number of rotatable bonds is 10. The molecule has 2 aromatic heterocycles. The summed E-state index contributed by atoms with van der Waals surface area (Å²) in [7, 11) is -6.34. The van der Waals surface area contributed by atoms with Crippen molar-refractivity contribution in [3.63, 3.8) is 0 Å². The van der Waals surface area contributed by atoms with E-state index < -0.39 is 23.3 Å². The summed E-state index contributed by atoms with van der Waals surface area (Å²) in [6.07, 6.45) is 0.